The van der Waals surface area contributed by atoms with Crippen molar-refractivity contribution < 1.29 is 4.74 Å². The zero-order valence-electron chi connectivity index (χ0n) is 8.59. The number of nitrogens with two attached hydrogens (primary N) is 1. The van der Waals surface area contributed by atoms with Crippen molar-refractivity contribution >= 4 is 22.2 Å². The molecule has 0 fully saturated rings. The first-order chi connectivity index (χ1) is 7.88. The molecule has 1 aromatic heterocycles. The number of aromatic nitrogens is 2. The van der Waals surface area contributed by atoms with Crippen LogP contribution in [0.3, 0.4) is 0 Å². The first-order valence-corrected chi connectivity index (χ1v) is 5.72. The van der Waals surface area contributed by atoms with Gasteiger partial charge in [-0.15, -0.1) is 10.2 Å². The molecule has 6 heteroatoms. The second-order valence-electron chi connectivity index (χ2n) is 3.03. The minimum Gasteiger partial charge on any atom is -0.492 e. The van der Waals surface area contributed by atoms with Gasteiger partial charge in [-0.1, -0.05) is 17.4 Å². The Morgan fingerprint density at radius 2 is 2.38 bits per heavy atom. The summed E-state index contributed by atoms with van der Waals surface area (Å²) in [4.78, 5) is 0. The Kier molecular flexibility index (Phi) is 3.68. The average Bonchev–Trinajstić information content (AvgIpc) is 2.80. The highest BCUT2D eigenvalue weighted by molar-refractivity contribution is 7.13. The zero-order valence-corrected chi connectivity index (χ0v) is 9.41. The Morgan fingerprint density at radius 1 is 1.44 bits per heavy atom. The standard InChI is InChI=1S/C10H12N4OS/c11-4-5-15-9-3-1-2-8(6-9)13-10-14-12-7-16-10/h1-3,6-7H,4-5,11H2,(H,13,14). The highest BCUT2D eigenvalue weighted by Gasteiger charge is 1.99. The second kappa shape index (κ2) is 5.43. The summed E-state index contributed by atoms with van der Waals surface area (Å²) in [5.74, 6) is 0.792. The number of anilines is 2. The molecule has 2 rings (SSSR count). The van der Waals surface area contributed by atoms with Crippen molar-refractivity contribution in [1.82, 2.24) is 10.2 Å². The lowest BCUT2D eigenvalue weighted by atomic mass is 10.3. The topological polar surface area (TPSA) is 73.1 Å². The van der Waals surface area contributed by atoms with E-state index in [1.54, 1.807) is 5.51 Å². The van der Waals surface area contributed by atoms with Crippen molar-refractivity contribution in [3.05, 3.63) is 29.8 Å². The fourth-order valence-corrected chi connectivity index (χ4v) is 1.66. The highest BCUT2D eigenvalue weighted by Crippen LogP contribution is 2.21. The minimum absolute atomic E-state index is 0.508. The van der Waals surface area contributed by atoms with Crippen LogP contribution in [0.4, 0.5) is 10.8 Å². The van der Waals surface area contributed by atoms with Crippen molar-refractivity contribution in [2.24, 2.45) is 5.73 Å². The van der Waals surface area contributed by atoms with Gasteiger partial charge < -0.3 is 15.8 Å². The molecule has 0 atom stereocenters. The average molecular weight is 236 g/mol. The summed E-state index contributed by atoms with van der Waals surface area (Å²) < 4.78 is 5.42. The van der Waals surface area contributed by atoms with E-state index in [9.17, 15) is 0 Å². The molecule has 0 aliphatic carbocycles. The number of rotatable bonds is 5. The smallest absolute Gasteiger partial charge is 0.209 e. The molecule has 0 saturated carbocycles. The van der Waals surface area contributed by atoms with Crippen LogP contribution >= 0.6 is 11.3 Å². The number of hydrogen-bond acceptors (Lipinski definition) is 6. The van der Waals surface area contributed by atoms with Crippen LogP contribution in [0, 0.1) is 0 Å². The summed E-state index contributed by atoms with van der Waals surface area (Å²) in [6, 6.07) is 7.64. The van der Waals surface area contributed by atoms with Crippen LogP contribution in [0.1, 0.15) is 0 Å². The van der Waals surface area contributed by atoms with Crippen molar-refractivity contribution in [3.63, 3.8) is 0 Å². The summed E-state index contributed by atoms with van der Waals surface area (Å²) in [7, 11) is 0. The van der Waals surface area contributed by atoms with E-state index in [0.717, 1.165) is 16.6 Å². The SMILES string of the molecule is NCCOc1cccc(Nc2nncs2)c1. The van der Waals surface area contributed by atoms with Gasteiger partial charge in [0.05, 0.1) is 0 Å². The summed E-state index contributed by atoms with van der Waals surface area (Å²) in [6.45, 7) is 1.02. The lowest BCUT2D eigenvalue weighted by Crippen LogP contribution is -2.10. The molecular weight excluding hydrogens is 224 g/mol. The largest absolute Gasteiger partial charge is 0.492 e. The Balaban J connectivity index is 2.04. The van der Waals surface area contributed by atoms with Crippen molar-refractivity contribution in [2.75, 3.05) is 18.5 Å². The first kappa shape index (κ1) is 10.8. The number of benzene rings is 1. The van der Waals surface area contributed by atoms with Crippen molar-refractivity contribution in [3.8, 4) is 5.75 Å². The van der Waals surface area contributed by atoms with E-state index in [1.165, 1.54) is 11.3 Å². The van der Waals surface area contributed by atoms with E-state index in [1.807, 2.05) is 24.3 Å². The third kappa shape index (κ3) is 2.91. The summed E-state index contributed by atoms with van der Waals surface area (Å²) in [6.07, 6.45) is 0. The van der Waals surface area contributed by atoms with Gasteiger partial charge in [0.25, 0.3) is 0 Å². The number of ether oxygens (including phenoxy) is 1. The van der Waals surface area contributed by atoms with Crippen molar-refractivity contribution in [2.45, 2.75) is 0 Å². The predicted molar refractivity (Wildman–Crippen MR) is 64.2 cm³/mol. The zero-order chi connectivity index (χ0) is 11.2. The van der Waals surface area contributed by atoms with Crippen LogP contribution in [0.25, 0.3) is 0 Å². The van der Waals surface area contributed by atoms with E-state index in [4.69, 9.17) is 10.5 Å². The Hall–Kier alpha value is -1.66. The van der Waals surface area contributed by atoms with E-state index < -0.39 is 0 Å². The molecule has 84 valence electrons. The van der Waals surface area contributed by atoms with E-state index in [0.29, 0.717) is 13.2 Å². The van der Waals surface area contributed by atoms with Crippen LogP contribution in [-0.2, 0) is 0 Å². The van der Waals surface area contributed by atoms with Crippen LogP contribution in [-0.4, -0.2) is 23.3 Å². The third-order valence-corrected chi connectivity index (χ3v) is 2.44. The number of nitrogens with zero attached hydrogens (tertiary/aromatic N) is 2. The molecule has 2 aromatic rings. The molecule has 3 N–H and O–H groups in total. The van der Waals surface area contributed by atoms with Crippen LogP contribution in [0.5, 0.6) is 5.75 Å². The normalized spacial score (nSPS) is 10.1. The van der Waals surface area contributed by atoms with Gasteiger partial charge in [-0.3, -0.25) is 0 Å². The molecule has 1 heterocycles. The maximum atomic E-state index is 5.42. The third-order valence-electron chi connectivity index (χ3n) is 1.83. The Bertz CT molecular complexity index is 432. The van der Waals surface area contributed by atoms with Crippen LogP contribution in [0.2, 0.25) is 0 Å². The van der Waals surface area contributed by atoms with E-state index in [2.05, 4.69) is 15.5 Å². The van der Waals surface area contributed by atoms with E-state index in [-0.39, 0.29) is 0 Å². The molecule has 0 aliphatic rings. The molecule has 0 bridgehead atoms. The van der Waals surface area contributed by atoms with E-state index >= 15 is 0 Å². The molecule has 0 unspecified atom stereocenters. The first-order valence-electron chi connectivity index (χ1n) is 4.84. The summed E-state index contributed by atoms with van der Waals surface area (Å²) >= 11 is 1.45. The quantitative estimate of drug-likeness (QED) is 0.825. The molecule has 5 nitrogen and oxygen atoms in total. The van der Waals surface area contributed by atoms with Gasteiger partial charge in [0.2, 0.25) is 5.13 Å². The van der Waals surface area contributed by atoms with Gasteiger partial charge in [-0.05, 0) is 12.1 Å². The van der Waals surface area contributed by atoms with Crippen molar-refractivity contribution in [1.29, 1.82) is 0 Å². The van der Waals surface area contributed by atoms with Gasteiger partial charge in [0, 0.05) is 18.3 Å². The summed E-state index contributed by atoms with van der Waals surface area (Å²) in [5, 5.41) is 11.5. The van der Waals surface area contributed by atoms with Gasteiger partial charge in [0.1, 0.15) is 17.9 Å². The van der Waals surface area contributed by atoms with Crippen LogP contribution < -0.4 is 15.8 Å². The molecule has 0 aliphatic heterocycles. The summed E-state index contributed by atoms with van der Waals surface area (Å²) in [5.41, 5.74) is 7.97. The van der Waals surface area contributed by atoms with Gasteiger partial charge in [-0.25, -0.2) is 0 Å². The fraction of sp³-hybridized carbons (Fsp3) is 0.200. The lowest BCUT2D eigenvalue weighted by molar-refractivity contribution is 0.328. The van der Waals surface area contributed by atoms with Gasteiger partial charge in [0.15, 0.2) is 0 Å². The number of hydrogen-bond donors (Lipinski definition) is 2. The lowest BCUT2D eigenvalue weighted by Gasteiger charge is -2.06. The Morgan fingerprint density at radius 3 is 3.12 bits per heavy atom. The molecule has 16 heavy (non-hydrogen) atoms. The maximum absolute atomic E-state index is 5.42. The molecule has 0 radical (unpaired) electrons. The molecule has 1 aromatic carbocycles. The van der Waals surface area contributed by atoms with Gasteiger partial charge >= 0.3 is 0 Å². The molecule has 0 amide bonds. The molecular formula is C10H12N4OS. The number of nitrogens with one attached hydrogen (secondary N) is 1. The maximum Gasteiger partial charge on any atom is 0.209 e. The molecule has 0 spiro atoms. The van der Waals surface area contributed by atoms with Gasteiger partial charge in [-0.2, -0.15) is 0 Å². The molecule has 0 saturated heterocycles. The highest BCUT2D eigenvalue weighted by atomic mass is 32.1. The fourth-order valence-electron chi connectivity index (χ4n) is 1.19. The Labute approximate surface area is 97.3 Å². The monoisotopic (exact) mass is 236 g/mol. The predicted octanol–water partition coefficient (Wildman–Crippen LogP) is 1.62. The van der Waals surface area contributed by atoms with Crippen LogP contribution in [0.15, 0.2) is 29.8 Å². The minimum atomic E-state index is 0.508. The second-order valence-corrected chi connectivity index (χ2v) is 3.87.